The number of amides is 2. The van der Waals surface area contributed by atoms with Crippen LogP contribution in [0.5, 0.6) is 0 Å². The van der Waals surface area contributed by atoms with E-state index in [1.54, 1.807) is 6.92 Å². The van der Waals surface area contributed by atoms with Crippen molar-refractivity contribution in [2.45, 2.75) is 30.6 Å². The number of anilines is 1. The average molecular weight is 490 g/mol. The maximum absolute atomic E-state index is 12.4. The number of hydrogen-bond donors (Lipinski definition) is 3. The molecule has 1 saturated carbocycles. The first-order chi connectivity index (χ1) is 14.0. The van der Waals surface area contributed by atoms with E-state index >= 15 is 0 Å². The molecular weight excluding hydrogens is 471 g/mol. The molecule has 1 aromatic rings. The number of aromatic nitrogens is 2. The van der Waals surface area contributed by atoms with E-state index in [0.717, 1.165) is 12.8 Å². The van der Waals surface area contributed by atoms with E-state index in [-0.39, 0.29) is 30.0 Å². The number of ether oxygens (including phenoxy) is 1. The Morgan fingerprint density at radius 3 is 2.70 bits per heavy atom. The number of carbonyl (C=O) groups is 2. The molecule has 3 N–H and O–H groups in total. The van der Waals surface area contributed by atoms with Gasteiger partial charge in [0.05, 0.1) is 0 Å². The number of hydrogen-bond acceptors (Lipinski definition) is 6. The highest BCUT2D eigenvalue weighted by Crippen LogP contribution is 2.30. The van der Waals surface area contributed by atoms with Crippen molar-refractivity contribution in [2.75, 3.05) is 18.5 Å². The van der Waals surface area contributed by atoms with Crippen molar-refractivity contribution >= 4 is 33.7 Å². The van der Waals surface area contributed by atoms with Crippen molar-refractivity contribution in [1.29, 1.82) is 0 Å². The van der Waals surface area contributed by atoms with Gasteiger partial charge < -0.3 is 15.4 Å². The molecule has 2 amide bonds. The van der Waals surface area contributed by atoms with Crippen LogP contribution in [0, 0.1) is 12.8 Å². The molecule has 1 atom stereocenters. The molecule has 2 aliphatic rings. The number of nitrogens with zero attached hydrogens (tertiary/aromatic N) is 2. The van der Waals surface area contributed by atoms with Crippen molar-refractivity contribution in [2.24, 2.45) is 5.92 Å². The largest absolute Gasteiger partial charge is 0.411 e. The molecule has 0 spiro atoms. The molecule has 0 bridgehead atoms. The van der Waals surface area contributed by atoms with Gasteiger partial charge >= 0.3 is 6.18 Å². The Morgan fingerprint density at radius 2 is 2.10 bits per heavy atom. The predicted octanol–water partition coefficient (Wildman–Crippen LogP) is 2.53. The Kier molecular flexibility index (Phi) is 6.46. The van der Waals surface area contributed by atoms with Crippen molar-refractivity contribution in [3.05, 3.63) is 41.4 Å². The summed E-state index contributed by atoms with van der Waals surface area (Å²) >= 11 is 3.04. The van der Waals surface area contributed by atoms with E-state index in [0.29, 0.717) is 11.3 Å². The highest BCUT2D eigenvalue weighted by Gasteiger charge is 2.34. The topological polar surface area (TPSA) is 105 Å². The Balaban J connectivity index is 1.54. The SMILES string of the molecule is Cc1cc(C(=O)NCC2=CNC(Br)(OCC(F)(F)F)C=C2)nc(NC(=O)C2CC2)n1. The number of alkyl halides is 4. The fourth-order valence-corrected chi connectivity index (χ4v) is 2.82. The van der Waals surface area contributed by atoms with Gasteiger partial charge in [-0.15, -0.1) is 0 Å². The van der Waals surface area contributed by atoms with E-state index in [1.165, 1.54) is 24.4 Å². The summed E-state index contributed by atoms with van der Waals surface area (Å²) in [5, 5.41) is 7.92. The third-order valence-electron chi connectivity index (χ3n) is 4.14. The predicted molar refractivity (Wildman–Crippen MR) is 104 cm³/mol. The maximum atomic E-state index is 12.4. The molecule has 30 heavy (non-hydrogen) atoms. The van der Waals surface area contributed by atoms with Crippen molar-refractivity contribution < 1.29 is 27.5 Å². The molecule has 1 aromatic heterocycles. The van der Waals surface area contributed by atoms with Crippen molar-refractivity contribution in [1.82, 2.24) is 20.6 Å². The number of nitrogens with one attached hydrogen (secondary N) is 3. The first-order valence-electron chi connectivity index (χ1n) is 9.03. The minimum atomic E-state index is -4.46. The van der Waals surface area contributed by atoms with E-state index in [9.17, 15) is 22.8 Å². The molecular formula is C18H19BrF3N5O3. The van der Waals surface area contributed by atoms with Gasteiger partial charge in [0.15, 0.2) is 0 Å². The van der Waals surface area contributed by atoms with Gasteiger partial charge in [-0.3, -0.25) is 14.9 Å². The first-order valence-corrected chi connectivity index (χ1v) is 9.83. The van der Waals surface area contributed by atoms with Gasteiger partial charge in [0.1, 0.15) is 12.3 Å². The smallest absolute Gasteiger partial charge is 0.351 e. The zero-order valence-corrected chi connectivity index (χ0v) is 17.4. The molecule has 1 unspecified atom stereocenters. The summed E-state index contributed by atoms with van der Waals surface area (Å²) in [6.07, 6.45) is 1.52. The Morgan fingerprint density at radius 1 is 1.37 bits per heavy atom. The molecule has 1 aliphatic heterocycles. The van der Waals surface area contributed by atoms with Crippen LogP contribution in [0.3, 0.4) is 0 Å². The fraction of sp³-hybridized carbons (Fsp3) is 0.444. The van der Waals surface area contributed by atoms with Crippen molar-refractivity contribution in [3.63, 3.8) is 0 Å². The normalized spacial score (nSPS) is 20.9. The Bertz CT molecular complexity index is 902. The summed E-state index contributed by atoms with van der Waals surface area (Å²) in [5.41, 5.74) is 1.21. The summed E-state index contributed by atoms with van der Waals surface area (Å²) < 4.78 is 40.2. The molecule has 0 saturated heterocycles. The molecule has 3 rings (SSSR count). The summed E-state index contributed by atoms with van der Waals surface area (Å²) in [4.78, 5) is 32.5. The molecule has 1 fully saturated rings. The van der Waals surface area contributed by atoms with Gasteiger partial charge in [-0.25, -0.2) is 9.97 Å². The minimum absolute atomic E-state index is 0.0226. The van der Waals surface area contributed by atoms with Crippen LogP contribution >= 0.6 is 15.9 Å². The highest BCUT2D eigenvalue weighted by molar-refractivity contribution is 9.10. The van der Waals surface area contributed by atoms with Gasteiger partial charge in [0.25, 0.3) is 5.91 Å². The van der Waals surface area contributed by atoms with E-state index in [2.05, 4.69) is 41.8 Å². The van der Waals surface area contributed by atoms with Crippen LogP contribution in [0.25, 0.3) is 0 Å². The maximum Gasteiger partial charge on any atom is 0.411 e. The van der Waals surface area contributed by atoms with Crippen molar-refractivity contribution in [3.8, 4) is 0 Å². The van der Waals surface area contributed by atoms with Crippen LogP contribution < -0.4 is 16.0 Å². The summed E-state index contributed by atoms with van der Waals surface area (Å²) in [6.45, 7) is 0.345. The number of aryl methyl sites for hydroxylation is 1. The average Bonchev–Trinajstić information content (AvgIpc) is 3.50. The Labute approximate surface area is 178 Å². The number of halogens is 4. The minimum Gasteiger partial charge on any atom is -0.351 e. The van der Waals surface area contributed by atoms with Gasteiger partial charge in [-0.1, -0.05) is 6.08 Å². The van der Waals surface area contributed by atoms with Crippen LogP contribution in [0.4, 0.5) is 19.1 Å². The van der Waals surface area contributed by atoms with Crippen LogP contribution in [0.1, 0.15) is 29.0 Å². The zero-order chi connectivity index (χ0) is 21.9. The lowest BCUT2D eigenvalue weighted by molar-refractivity contribution is -0.186. The van der Waals surface area contributed by atoms with E-state index in [4.69, 9.17) is 4.74 Å². The molecule has 162 valence electrons. The lowest BCUT2D eigenvalue weighted by Gasteiger charge is -2.28. The summed E-state index contributed by atoms with van der Waals surface area (Å²) in [7, 11) is 0. The second-order valence-corrected chi connectivity index (χ2v) is 8.09. The third-order valence-corrected chi connectivity index (χ3v) is 4.86. The molecule has 0 radical (unpaired) electrons. The van der Waals surface area contributed by atoms with Gasteiger partial charge in [-0.2, -0.15) is 13.2 Å². The van der Waals surface area contributed by atoms with Gasteiger partial charge in [-0.05, 0) is 53.4 Å². The number of dihydropyridines is 1. The lowest BCUT2D eigenvalue weighted by atomic mass is 10.2. The first kappa shape index (κ1) is 22.2. The number of carbonyl (C=O) groups excluding carboxylic acids is 2. The molecule has 8 nitrogen and oxygen atoms in total. The molecule has 12 heteroatoms. The second-order valence-electron chi connectivity index (χ2n) is 6.91. The number of rotatable bonds is 7. The second kappa shape index (κ2) is 8.72. The van der Waals surface area contributed by atoms with Gasteiger partial charge in [0.2, 0.25) is 16.5 Å². The standard InChI is InChI=1S/C18H19BrF3N5O3/c1-10-6-13(26-16(25-10)27-14(28)12-2-3-12)15(29)23-7-11-4-5-17(19,24-8-11)30-9-18(20,21)22/h4-6,8,12,24H,2-3,7,9H2,1H3,(H,23,29)(H,25,26,27,28). The third kappa shape index (κ3) is 6.52. The monoisotopic (exact) mass is 489 g/mol. The Hall–Kier alpha value is -2.47. The van der Waals surface area contributed by atoms with Crippen LogP contribution in [0.2, 0.25) is 0 Å². The zero-order valence-electron chi connectivity index (χ0n) is 15.8. The molecule has 1 aliphatic carbocycles. The summed E-state index contributed by atoms with van der Waals surface area (Å²) in [5.74, 6) is -0.603. The molecule has 0 aromatic carbocycles. The quantitative estimate of drug-likeness (QED) is 0.401. The molecule has 2 heterocycles. The van der Waals surface area contributed by atoms with Crippen LogP contribution in [-0.4, -0.2) is 45.7 Å². The van der Waals surface area contributed by atoms with Crippen LogP contribution in [0.15, 0.2) is 30.0 Å². The van der Waals surface area contributed by atoms with Crippen LogP contribution in [-0.2, 0) is 9.53 Å². The van der Waals surface area contributed by atoms with E-state index < -0.39 is 23.3 Å². The highest BCUT2D eigenvalue weighted by atomic mass is 79.9. The fourth-order valence-electron chi connectivity index (χ4n) is 2.46. The van der Waals surface area contributed by atoms with Gasteiger partial charge in [0, 0.05) is 24.4 Å². The summed E-state index contributed by atoms with van der Waals surface area (Å²) in [6, 6.07) is 1.49. The lowest BCUT2D eigenvalue weighted by Crippen LogP contribution is -2.41. The van der Waals surface area contributed by atoms with E-state index in [1.807, 2.05) is 0 Å².